The first-order valence-corrected chi connectivity index (χ1v) is 3.77. The normalized spacial score (nSPS) is 8.92. The van der Waals surface area contributed by atoms with Crippen molar-refractivity contribution < 1.29 is 0 Å². The van der Waals surface area contributed by atoms with Crippen molar-refractivity contribution in [1.82, 2.24) is 16.3 Å². The van der Waals surface area contributed by atoms with Gasteiger partial charge < -0.3 is 22.6 Å². The fourth-order valence-corrected chi connectivity index (χ4v) is 0.561. The zero-order valence-corrected chi connectivity index (χ0v) is 7.30. The predicted molar refractivity (Wildman–Crippen MR) is 51.5 cm³/mol. The van der Waals surface area contributed by atoms with Gasteiger partial charge in [0.05, 0.1) is 0 Å². The monoisotopic (exact) mass is 188 g/mol. The number of rotatable bonds is 6. The van der Waals surface area contributed by atoms with E-state index in [9.17, 15) is 0 Å². The molecule has 76 valence electrons. The van der Waals surface area contributed by atoms with Gasteiger partial charge in [0.1, 0.15) is 0 Å². The number of hydrogen-bond acceptors (Lipinski definition) is 4. The number of hydrazine groups is 1. The summed E-state index contributed by atoms with van der Waals surface area (Å²) in [6.07, 6.45) is 0.803. The smallest absolute Gasteiger partial charge is 0.208 e. The second-order valence-corrected chi connectivity index (χ2v) is 2.26. The van der Waals surface area contributed by atoms with Crippen LogP contribution in [0.3, 0.4) is 0 Å². The molecule has 0 atom stereocenters. The molecule has 0 amide bonds. The Balaban J connectivity index is 3.09. The van der Waals surface area contributed by atoms with Gasteiger partial charge in [0.25, 0.3) is 0 Å². The number of nitrogens with one attached hydrogen (secondary N) is 4. The molecule has 0 saturated carbocycles. The summed E-state index contributed by atoms with van der Waals surface area (Å²) >= 11 is 0. The summed E-state index contributed by atoms with van der Waals surface area (Å²) in [5.41, 5.74) is 23.0. The Labute approximate surface area is 76.4 Å². The highest BCUT2D eigenvalue weighted by atomic mass is 15.4. The molecule has 0 aliphatic rings. The van der Waals surface area contributed by atoms with Gasteiger partial charge in [-0.15, -0.1) is 5.10 Å². The van der Waals surface area contributed by atoms with Gasteiger partial charge in [-0.05, 0) is 6.42 Å². The van der Waals surface area contributed by atoms with Crippen molar-refractivity contribution in [2.24, 2.45) is 22.3 Å². The van der Waals surface area contributed by atoms with E-state index in [-0.39, 0.29) is 11.9 Å². The van der Waals surface area contributed by atoms with Gasteiger partial charge in [-0.2, -0.15) is 0 Å². The minimum atomic E-state index is -0.114. The molecule has 0 fully saturated rings. The summed E-state index contributed by atoms with van der Waals surface area (Å²) in [7, 11) is 0. The summed E-state index contributed by atoms with van der Waals surface area (Å²) in [6.45, 7) is 1.30. The molecular formula is C5H16N8. The molecule has 8 nitrogen and oxygen atoms in total. The lowest BCUT2D eigenvalue weighted by Gasteiger charge is -2.05. The Morgan fingerprint density at radius 2 is 1.92 bits per heavy atom. The fraction of sp³-hybridized carbons (Fsp3) is 0.600. The minimum absolute atomic E-state index is 0.00909. The SMILES string of the molecule is N=C(N)NNCCCNN=C(N)N. The summed E-state index contributed by atoms with van der Waals surface area (Å²) in [6, 6.07) is 0. The van der Waals surface area contributed by atoms with Crippen molar-refractivity contribution in [3.63, 3.8) is 0 Å². The molecule has 0 aliphatic heterocycles. The van der Waals surface area contributed by atoms with E-state index in [4.69, 9.17) is 22.6 Å². The zero-order chi connectivity index (χ0) is 10.1. The Bertz CT molecular complexity index is 171. The van der Waals surface area contributed by atoms with Crippen LogP contribution >= 0.6 is 0 Å². The van der Waals surface area contributed by atoms with E-state index in [1.54, 1.807) is 0 Å². The molecule has 0 aliphatic carbocycles. The average Bonchev–Trinajstić information content (AvgIpc) is 2.01. The minimum Gasteiger partial charge on any atom is -0.369 e. The van der Waals surface area contributed by atoms with Gasteiger partial charge in [-0.3, -0.25) is 10.8 Å². The fourth-order valence-electron chi connectivity index (χ4n) is 0.561. The van der Waals surface area contributed by atoms with E-state index in [1.165, 1.54) is 0 Å². The molecule has 0 bridgehead atoms. The first-order chi connectivity index (χ1) is 6.13. The maximum atomic E-state index is 6.80. The van der Waals surface area contributed by atoms with Crippen LogP contribution in [0.25, 0.3) is 0 Å². The highest BCUT2D eigenvalue weighted by Crippen LogP contribution is 1.70. The largest absolute Gasteiger partial charge is 0.369 e. The molecule has 0 aromatic carbocycles. The molecule has 0 aromatic heterocycles. The van der Waals surface area contributed by atoms with Gasteiger partial charge in [-0.1, -0.05) is 0 Å². The first-order valence-electron chi connectivity index (χ1n) is 3.77. The van der Waals surface area contributed by atoms with E-state index in [0.29, 0.717) is 13.1 Å². The molecule has 10 N–H and O–H groups in total. The van der Waals surface area contributed by atoms with Gasteiger partial charge in [0, 0.05) is 13.1 Å². The molecular weight excluding hydrogens is 172 g/mol. The van der Waals surface area contributed by atoms with Crippen molar-refractivity contribution in [3.05, 3.63) is 0 Å². The topological polar surface area (TPSA) is 150 Å². The van der Waals surface area contributed by atoms with Gasteiger partial charge in [0.2, 0.25) is 5.96 Å². The van der Waals surface area contributed by atoms with Gasteiger partial charge >= 0.3 is 0 Å². The molecule has 0 unspecified atom stereocenters. The molecule has 13 heavy (non-hydrogen) atoms. The maximum Gasteiger partial charge on any atom is 0.208 e. The van der Waals surface area contributed by atoms with Crippen LogP contribution in [0.2, 0.25) is 0 Å². The summed E-state index contributed by atoms with van der Waals surface area (Å²) < 4.78 is 0. The summed E-state index contributed by atoms with van der Waals surface area (Å²) in [5, 5.41) is 10.4. The van der Waals surface area contributed by atoms with Crippen LogP contribution in [0.1, 0.15) is 6.42 Å². The van der Waals surface area contributed by atoms with Crippen molar-refractivity contribution in [2.45, 2.75) is 6.42 Å². The zero-order valence-electron chi connectivity index (χ0n) is 7.30. The van der Waals surface area contributed by atoms with Crippen LogP contribution in [0.4, 0.5) is 0 Å². The van der Waals surface area contributed by atoms with E-state index in [2.05, 4.69) is 21.4 Å². The number of nitrogens with zero attached hydrogens (tertiary/aromatic N) is 1. The maximum absolute atomic E-state index is 6.80. The van der Waals surface area contributed by atoms with Crippen LogP contribution in [-0.2, 0) is 0 Å². The van der Waals surface area contributed by atoms with Crippen molar-refractivity contribution in [1.29, 1.82) is 5.41 Å². The third-order valence-corrected chi connectivity index (χ3v) is 1.02. The van der Waals surface area contributed by atoms with Gasteiger partial charge in [-0.25, -0.2) is 5.43 Å². The number of hydrogen-bond donors (Lipinski definition) is 7. The highest BCUT2D eigenvalue weighted by Gasteiger charge is 1.87. The van der Waals surface area contributed by atoms with E-state index in [0.717, 1.165) is 6.42 Å². The number of hydrazone groups is 1. The van der Waals surface area contributed by atoms with E-state index in [1.807, 2.05) is 0 Å². The Kier molecular flexibility index (Phi) is 6.06. The number of nitrogens with two attached hydrogens (primary N) is 3. The quantitative estimate of drug-likeness (QED) is 0.103. The highest BCUT2D eigenvalue weighted by molar-refractivity contribution is 5.75. The average molecular weight is 188 g/mol. The Morgan fingerprint density at radius 3 is 2.46 bits per heavy atom. The van der Waals surface area contributed by atoms with Crippen LogP contribution in [0, 0.1) is 5.41 Å². The standard InChI is InChI=1S/C5H16N8/c6-4(7)12-10-2-1-3-11-13-5(8)9/h10-11H,1-3H2,(H4,6,7,12)(H4,8,9,13). The van der Waals surface area contributed by atoms with Crippen molar-refractivity contribution in [3.8, 4) is 0 Å². The Hall–Kier alpha value is -1.70. The molecule has 0 aromatic rings. The summed E-state index contributed by atoms with van der Waals surface area (Å²) in [5.74, 6) is -0.105. The van der Waals surface area contributed by atoms with Crippen molar-refractivity contribution in [2.75, 3.05) is 13.1 Å². The first kappa shape index (κ1) is 11.3. The number of guanidine groups is 2. The molecule has 0 saturated heterocycles. The van der Waals surface area contributed by atoms with Crippen LogP contribution in [0.5, 0.6) is 0 Å². The molecule has 0 radical (unpaired) electrons. The molecule has 0 rings (SSSR count). The van der Waals surface area contributed by atoms with E-state index < -0.39 is 0 Å². The lowest BCUT2D eigenvalue weighted by atomic mass is 10.4. The lowest BCUT2D eigenvalue weighted by molar-refractivity contribution is 0.585. The third-order valence-electron chi connectivity index (χ3n) is 1.02. The Morgan fingerprint density at radius 1 is 1.23 bits per heavy atom. The summed E-state index contributed by atoms with van der Waals surface area (Å²) in [4.78, 5) is 0. The van der Waals surface area contributed by atoms with Crippen LogP contribution in [0.15, 0.2) is 5.10 Å². The third kappa shape index (κ3) is 10.3. The second-order valence-electron chi connectivity index (χ2n) is 2.26. The van der Waals surface area contributed by atoms with Gasteiger partial charge in [0.15, 0.2) is 5.96 Å². The van der Waals surface area contributed by atoms with Crippen LogP contribution in [-0.4, -0.2) is 25.0 Å². The second kappa shape index (κ2) is 6.98. The molecule has 8 heteroatoms. The van der Waals surface area contributed by atoms with E-state index >= 15 is 0 Å². The van der Waals surface area contributed by atoms with Crippen LogP contribution < -0.4 is 33.5 Å². The molecule has 0 heterocycles. The predicted octanol–water partition coefficient (Wildman–Crippen LogP) is -2.86. The lowest BCUT2D eigenvalue weighted by Crippen LogP contribution is -2.42. The van der Waals surface area contributed by atoms with Crippen molar-refractivity contribution >= 4 is 11.9 Å². The molecule has 0 spiro atoms.